The average Bonchev–Trinajstić information content (AvgIpc) is 3.24. The Morgan fingerprint density at radius 2 is 1.94 bits per heavy atom. The number of anilines is 1. The molecule has 4 rings (SSSR count). The number of rotatable bonds is 8. The van der Waals surface area contributed by atoms with Crippen molar-refractivity contribution in [1.82, 2.24) is 25.2 Å². The molecule has 0 bridgehead atoms. The summed E-state index contributed by atoms with van der Waals surface area (Å²) in [7, 11) is 1.73. The van der Waals surface area contributed by atoms with Gasteiger partial charge in [0.25, 0.3) is 0 Å². The molecule has 178 valence electrons. The summed E-state index contributed by atoms with van der Waals surface area (Å²) in [6.45, 7) is 5.29. The molecule has 1 aliphatic heterocycles. The van der Waals surface area contributed by atoms with Crippen molar-refractivity contribution in [3.8, 4) is 0 Å². The average molecular weight is 466 g/mol. The smallest absolute Gasteiger partial charge is 0.230 e. The maximum atomic E-state index is 12.4. The lowest BCUT2D eigenvalue weighted by atomic mass is 9.95. The van der Waals surface area contributed by atoms with Gasteiger partial charge in [-0.15, -0.1) is 5.10 Å². The monoisotopic (exact) mass is 465 g/mol. The molecule has 1 aliphatic rings. The first-order valence-electron chi connectivity index (χ1n) is 10.9. The molecule has 0 aliphatic carbocycles. The van der Waals surface area contributed by atoms with Gasteiger partial charge in [0.2, 0.25) is 11.7 Å². The Morgan fingerprint density at radius 3 is 2.65 bits per heavy atom. The van der Waals surface area contributed by atoms with Crippen LogP contribution < -0.4 is 5.32 Å². The van der Waals surface area contributed by atoms with Gasteiger partial charge in [-0.2, -0.15) is 0 Å². The van der Waals surface area contributed by atoms with E-state index in [1.165, 1.54) is 4.68 Å². The fourth-order valence-corrected chi connectivity index (χ4v) is 3.23. The molecule has 1 N–H and O–H groups in total. The predicted molar refractivity (Wildman–Crippen MR) is 123 cm³/mol. The molecular weight excluding hydrogens is 438 g/mol. The highest BCUT2D eigenvalue weighted by atomic mass is 16.7. The van der Waals surface area contributed by atoms with Crippen LogP contribution in [0.25, 0.3) is 0 Å². The molecule has 11 heteroatoms. The van der Waals surface area contributed by atoms with Crippen molar-refractivity contribution in [2.24, 2.45) is 17.6 Å². The number of hydrogen-bond acceptors (Lipinski definition) is 9. The minimum atomic E-state index is -0.555. The molecule has 1 aromatic carbocycles. The number of nitrogens with one attached hydrogen (secondary N) is 1. The number of carbonyl (C=O) groups is 1. The summed E-state index contributed by atoms with van der Waals surface area (Å²) in [6.07, 6.45) is -0.463. The number of ether oxygens (including phenoxy) is 2. The second-order valence-corrected chi connectivity index (χ2v) is 8.69. The minimum Gasteiger partial charge on any atom is -0.389 e. The Morgan fingerprint density at radius 1 is 1.18 bits per heavy atom. The van der Waals surface area contributed by atoms with E-state index >= 15 is 0 Å². The third kappa shape index (κ3) is 6.21. The Bertz CT molecular complexity index is 1140. The standard InChI is InChI=1S/C23H27N7O4/c1-23(2)14-32-20(33-15-23)12-19(31)25-18-11-7-10-17(24-18)13-34-27-21(16-8-5-4-6-9-16)22-26-28-29-30(22)3/h4-11,20H,12-15H2,1-3H3,(H,24,25,31). The van der Waals surface area contributed by atoms with E-state index in [2.05, 4.69) is 44.8 Å². The number of carbonyl (C=O) groups excluding carboxylic acids is 1. The van der Waals surface area contributed by atoms with Gasteiger partial charge in [0.05, 0.1) is 25.3 Å². The van der Waals surface area contributed by atoms with Gasteiger partial charge >= 0.3 is 0 Å². The summed E-state index contributed by atoms with van der Waals surface area (Å²) in [6, 6.07) is 14.8. The predicted octanol–water partition coefficient (Wildman–Crippen LogP) is 2.30. The summed E-state index contributed by atoms with van der Waals surface area (Å²) in [4.78, 5) is 22.4. The van der Waals surface area contributed by atoms with E-state index in [-0.39, 0.29) is 24.3 Å². The number of nitrogens with zero attached hydrogens (tertiary/aromatic N) is 6. The van der Waals surface area contributed by atoms with Crippen LogP contribution in [0.3, 0.4) is 0 Å². The number of aromatic nitrogens is 5. The molecule has 0 unspecified atom stereocenters. The molecule has 0 atom stereocenters. The highest BCUT2D eigenvalue weighted by molar-refractivity contribution is 6.10. The van der Waals surface area contributed by atoms with Crippen LogP contribution in [0.4, 0.5) is 5.82 Å². The molecule has 1 fully saturated rings. The molecule has 0 saturated carbocycles. The minimum absolute atomic E-state index is 0.0466. The zero-order valence-corrected chi connectivity index (χ0v) is 19.3. The molecule has 1 saturated heterocycles. The fourth-order valence-electron chi connectivity index (χ4n) is 3.23. The van der Waals surface area contributed by atoms with Crippen molar-refractivity contribution in [1.29, 1.82) is 0 Å². The zero-order valence-electron chi connectivity index (χ0n) is 19.3. The van der Waals surface area contributed by atoms with Gasteiger partial charge in [0.15, 0.2) is 18.6 Å². The van der Waals surface area contributed by atoms with Crippen LogP contribution >= 0.6 is 0 Å². The van der Waals surface area contributed by atoms with Crippen molar-refractivity contribution < 1.29 is 19.1 Å². The highest BCUT2D eigenvalue weighted by Gasteiger charge is 2.29. The molecule has 3 aromatic rings. The largest absolute Gasteiger partial charge is 0.389 e. The normalized spacial score (nSPS) is 16.3. The number of hydrogen-bond donors (Lipinski definition) is 1. The van der Waals surface area contributed by atoms with Crippen molar-refractivity contribution in [3.63, 3.8) is 0 Å². The van der Waals surface area contributed by atoms with Crippen molar-refractivity contribution in [2.45, 2.75) is 33.2 Å². The van der Waals surface area contributed by atoms with Gasteiger partial charge in [-0.1, -0.05) is 55.4 Å². The number of pyridine rings is 1. The third-order valence-electron chi connectivity index (χ3n) is 4.99. The number of benzene rings is 1. The van der Waals surface area contributed by atoms with E-state index in [1.807, 2.05) is 30.3 Å². The van der Waals surface area contributed by atoms with Gasteiger partial charge in [0, 0.05) is 18.0 Å². The Kier molecular flexibility index (Phi) is 7.24. The first kappa shape index (κ1) is 23.5. The molecule has 34 heavy (non-hydrogen) atoms. The van der Waals surface area contributed by atoms with Crippen molar-refractivity contribution in [2.75, 3.05) is 18.5 Å². The zero-order chi connectivity index (χ0) is 24.0. The lowest BCUT2D eigenvalue weighted by Crippen LogP contribution is -2.39. The first-order valence-corrected chi connectivity index (χ1v) is 10.9. The maximum absolute atomic E-state index is 12.4. The van der Waals surface area contributed by atoms with Crippen LogP contribution in [-0.4, -0.2) is 56.3 Å². The highest BCUT2D eigenvalue weighted by Crippen LogP contribution is 2.24. The number of amides is 1. The number of tetrazole rings is 1. The van der Waals surface area contributed by atoms with Crippen LogP contribution in [0, 0.1) is 5.41 Å². The van der Waals surface area contributed by atoms with Gasteiger partial charge in [-0.05, 0) is 22.6 Å². The summed E-state index contributed by atoms with van der Waals surface area (Å²) < 4.78 is 12.8. The third-order valence-corrected chi connectivity index (χ3v) is 4.99. The van der Waals surface area contributed by atoms with Gasteiger partial charge < -0.3 is 19.6 Å². The summed E-state index contributed by atoms with van der Waals surface area (Å²) >= 11 is 0. The van der Waals surface area contributed by atoms with Crippen LogP contribution in [0.1, 0.15) is 37.4 Å². The second kappa shape index (κ2) is 10.5. The molecule has 2 aromatic heterocycles. The van der Waals surface area contributed by atoms with Gasteiger partial charge in [-0.25, -0.2) is 9.67 Å². The van der Waals surface area contributed by atoms with Crippen LogP contribution in [0.2, 0.25) is 0 Å². The molecule has 3 heterocycles. The first-order chi connectivity index (χ1) is 16.4. The molecule has 0 radical (unpaired) electrons. The maximum Gasteiger partial charge on any atom is 0.230 e. The Balaban J connectivity index is 1.37. The lowest BCUT2D eigenvalue weighted by Gasteiger charge is -2.34. The van der Waals surface area contributed by atoms with Crippen LogP contribution in [0.5, 0.6) is 0 Å². The molecule has 0 spiro atoms. The number of oxime groups is 1. The topological polar surface area (TPSA) is 126 Å². The van der Waals surface area contributed by atoms with E-state index in [0.29, 0.717) is 36.3 Å². The van der Waals surface area contributed by atoms with Crippen molar-refractivity contribution in [3.05, 3.63) is 65.6 Å². The van der Waals surface area contributed by atoms with Crippen LogP contribution in [-0.2, 0) is 32.8 Å². The van der Waals surface area contributed by atoms with Crippen LogP contribution in [0.15, 0.2) is 53.7 Å². The van der Waals surface area contributed by atoms with E-state index < -0.39 is 6.29 Å². The molecule has 11 nitrogen and oxygen atoms in total. The van der Waals surface area contributed by atoms with E-state index in [0.717, 1.165) is 5.56 Å². The summed E-state index contributed by atoms with van der Waals surface area (Å²) in [5.74, 6) is 0.636. The fraction of sp³-hybridized carbons (Fsp3) is 0.391. The van der Waals surface area contributed by atoms with E-state index in [4.69, 9.17) is 14.3 Å². The number of aryl methyl sites for hydroxylation is 1. The summed E-state index contributed by atoms with van der Waals surface area (Å²) in [5, 5.41) is 18.6. The lowest BCUT2D eigenvalue weighted by molar-refractivity contribution is -0.222. The van der Waals surface area contributed by atoms with Gasteiger partial charge in [0.1, 0.15) is 5.82 Å². The Hall–Kier alpha value is -3.70. The SMILES string of the molecule is Cn1nnnc1C(=NOCc1cccc(NC(=O)CC2OCC(C)(C)CO2)n1)c1ccccc1. The van der Waals surface area contributed by atoms with E-state index in [1.54, 1.807) is 25.2 Å². The van der Waals surface area contributed by atoms with Crippen molar-refractivity contribution >= 4 is 17.4 Å². The second-order valence-electron chi connectivity index (χ2n) is 8.69. The van der Waals surface area contributed by atoms with E-state index in [9.17, 15) is 4.79 Å². The molecular formula is C23H27N7O4. The summed E-state index contributed by atoms with van der Waals surface area (Å²) in [5.41, 5.74) is 1.85. The Labute approximate surface area is 197 Å². The quantitative estimate of drug-likeness (QED) is 0.397. The van der Waals surface area contributed by atoms with Gasteiger partial charge in [-0.3, -0.25) is 4.79 Å². The molecule has 1 amide bonds.